The number of ether oxygens (including phenoxy) is 1. The molecule has 132 valence electrons. The monoisotopic (exact) mass is 372 g/mol. The molecule has 0 aliphatic heterocycles. The van der Waals surface area contributed by atoms with E-state index in [0.717, 1.165) is 0 Å². The van der Waals surface area contributed by atoms with Crippen LogP contribution in [0.2, 0.25) is 0 Å². The first-order valence-electron chi connectivity index (χ1n) is 7.73. The Bertz CT molecular complexity index is 552. The molecule has 0 amide bonds. The van der Waals surface area contributed by atoms with Crippen LogP contribution in [-0.2, 0) is 14.3 Å². The van der Waals surface area contributed by atoms with Crippen LogP contribution in [0.1, 0.15) is 47.5 Å². The molecule has 25 heavy (non-hydrogen) atoms. The molecule has 0 N–H and O–H groups in total. The number of aliphatic carboxylic acids is 1. The Morgan fingerprint density at radius 3 is 1.68 bits per heavy atom. The summed E-state index contributed by atoms with van der Waals surface area (Å²) in [5.74, 6) is -1.07. The molecule has 0 rings (SSSR count). The third kappa shape index (κ3) is 21.0. The third-order valence-corrected chi connectivity index (χ3v) is 2.33. The van der Waals surface area contributed by atoms with Gasteiger partial charge in [0.25, 0.3) is 0 Å². The quantitative estimate of drug-likeness (QED) is 0.331. The minimum Gasteiger partial charge on any atom is -0.550 e. The van der Waals surface area contributed by atoms with Crippen LogP contribution < -0.4 is 56.5 Å². The topological polar surface area (TPSA) is 114 Å². The summed E-state index contributed by atoms with van der Waals surface area (Å²) in [7, 11) is 0. The van der Waals surface area contributed by atoms with Gasteiger partial charge in [0.05, 0.1) is 25.2 Å². The summed E-state index contributed by atoms with van der Waals surface area (Å²) >= 11 is 0. The van der Waals surface area contributed by atoms with E-state index in [4.69, 9.17) is 15.3 Å². The molecule has 0 radical (unpaired) electrons. The van der Waals surface area contributed by atoms with Crippen LogP contribution in [0.3, 0.4) is 0 Å². The number of rotatable bonds is 7. The van der Waals surface area contributed by atoms with Crippen LogP contribution in [0.25, 0.3) is 0 Å². The van der Waals surface area contributed by atoms with Crippen molar-refractivity contribution in [2.24, 2.45) is 11.8 Å². The largest absolute Gasteiger partial charge is 1.00 e. The van der Waals surface area contributed by atoms with Crippen molar-refractivity contribution in [3.63, 3.8) is 0 Å². The first-order valence-corrected chi connectivity index (χ1v) is 7.73. The van der Waals surface area contributed by atoms with Crippen molar-refractivity contribution in [2.45, 2.75) is 47.5 Å². The molecule has 0 aliphatic carbocycles. The molecule has 7 heteroatoms. The van der Waals surface area contributed by atoms with E-state index < -0.39 is 5.97 Å². The molecule has 0 bridgehead atoms. The van der Waals surface area contributed by atoms with E-state index in [1.54, 1.807) is 25.1 Å². The zero-order valence-corrected chi connectivity index (χ0v) is 19.1. The molecule has 0 saturated heterocycles. The fourth-order valence-electron chi connectivity index (χ4n) is 1.60. The van der Waals surface area contributed by atoms with Gasteiger partial charge >= 0.3 is 57.4 Å². The molecular formula is C18H25KN2O4. The van der Waals surface area contributed by atoms with E-state index >= 15 is 0 Å². The van der Waals surface area contributed by atoms with E-state index in [1.165, 1.54) is 0 Å². The van der Waals surface area contributed by atoms with Gasteiger partial charge in [0.1, 0.15) is 0 Å². The number of carboxylic acids is 1. The van der Waals surface area contributed by atoms with Crippen LogP contribution >= 0.6 is 0 Å². The normalized spacial score (nSPS) is 10.8. The van der Waals surface area contributed by atoms with Gasteiger partial charge in [0.2, 0.25) is 0 Å². The Morgan fingerprint density at radius 1 is 1.00 bits per heavy atom. The van der Waals surface area contributed by atoms with Gasteiger partial charge in [-0.3, -0.25) is 4.79 Å². The summed E-state index contributed by atoms with van der Waals surface area (Å²) in [5, 5.41) is 27.1. The average Bonchev–Trinajstić information content (AvgIpc) is 2.45. The number of carboxylic acid groups (broad SMARTS) is 1. The van der Waals surface area contributed by atoms with Gasteiger partial charge in [-0.05, 0) is 18.8 Å². The van der Waals surface area contributed by atoms with Crippen molar-refractivity contribution < 1.29 is 70.8 Å². The van der Waals surface area contributed by atoms with Crippen LogP contribution in [0, 0.1) is 34.5 Å². The smallest absolute Gasteiger partial charge is 0.550 e. The van der Waals surface area contributed by atoms with E-state index in [2.05, 4.69) is 0 Å². The first-order chi connectivity index (χ1) is 11.2. The van der Waals surface area contributed by atoms with E-state index in [9.17, 15) is 14.7 Å². The summed E-state index contributed by atoms with van der Waals surface area (Å²) in [4.78, 5) is 21.0. The SMILES string of the molecule is CC(C)C=C(C#N)CC(=O)[O-].CCOC(=O)CC(C#N)=CC(C)C.[K+]. The fourth-order valence-corrected chi connectivity index (χ4v) is 1.60. The minimum atomic E-state index is -1.21. The number of carbonyl (C=O) groups is 2. The van der Waals surface area contributed by atoms with Gasteiger partial charge in [-0.25, -0.2) is 0 Å². The molecule has 0 unspecified atom stereocenters. The van der Waals surface area contributed by atoms with E-state index in [-0.39, 0.29) is 87.6 Å². The first kappa shape index (κ1) is 28.8. The number of esters is 1. The zero-order valence-electron chi connectivity index (χ0n) is 16.0. The third-order valence-electron chi connectivity index (χ3n) is 2.33. The predicted octanol–water partition coefficient (Wildman–Crippen LogP) is -0.718. The van der Waals surface area contributed by atoms with Crippen molar-refractivity contribution in [1.29, 1.82) is 10.5 Å². The van der Waals surface area contributed by atoms with Crippen molar-refractivity contribution in [3.8, 4) is 12.1 Å². The molecule has 0 atom stereocenters. The molecule has 0 aliphatic rings. The van der Waals surface area contributed by atoms with Crippen LogP contribution in [-0.4, -0.2) is 18.5 Å². The molecule has 0 saturated carbocycles. The molecule has 0 spiro atoms. The second-order valence-corrected chi connectivity index (χ2v) is 5.63. The number of hydrogen-bond donors (Lipinski definition) is 0. The van der Waals surface area contributed by atoms with E-state index in [1.807, 2.05) is 33.8 Å². The minimum absolute atomic E-state index is 0. The Labute approximate surface area is 193 Å². The van der Waals surface area contributed by atoms with Gasteiger partial charge in [-0.15, -0.1) is 0 Å². The maximum Gasteiger partial charge on any atom is 1.00 e. The Hall–Kier alpha value is -0.964. The van der Waals surface area contributed by atoms with Crippen LogP contribution in [0.4, 0.5) is 0 Å². The van der Waals surface area contributed by atoms with Gasteiger partial charge in [-0.1, -0.05) is 39.8 Å². The number of nitrogens with zero attached hydrogens (tertiary/aromatic N) is 2. The maximum atomic E-state index is 11.0. The van der Waals surface area contributed by atoms with Crippen LogP contribution in [0.5, 0.6) is 0 Å². The molecule has 0 aromatic carbocycles. The van der Waals surface area contributed by atoms with Gasteiger partial charge in [-0.2, -0.15) is 10.5 Å². The standard InChI is InChI=1S/C10H15NO2.C8H11NO2.K/c1-4-13-10(12)6-9(7-11)5-8(2)3;1-6(2)3-7(5-9)4-8(10)11;/h5,8H,4,6H2,1-3H3;3,6H,4H2,1-2H3,(H,10,11);/q;;+1/p-1. The van der Waals surface area contributed by atoms with Crippen molar-refractivity contribution >= 4 is 11.9 Å². The van der Waals surface area contributed by atoms with Gasteiger partial charge in [0, 0.05) is 23.5 Å². The van der Waals surface area contributed by atoms with Crippen LogP contribution in [0.15, 0.2) is 23.3 Å². The Morgan fingerprint density at radius 2 is 1.40 bits per heavy atom. The van der Waals surface area contributed by atoms with Gasteiger partial charge < -0.3 is 14.6 Å². The molecule has 0 heterocycles. The molecule has 0 aromatic heterocycles. The molecular weight excluding hydrogens is 347 g/mol. The zero-order chi connectivity index (χ0) is 19.1. The molecule has 6 nitrogen and oxygen atoms in total. The summed E-state index contributed by atoms with van der Waals surface area (Å²) in [6.45, 7) is 9.79. The summed E-state index contributed by atoms with van der Waals surface area (Å²) in [6.07, 6.45) is 3.20. The molecule has 0 fully saturated rings. The van der Waals surface area contributed by atoms with E-state index in [0.29, 0.717) is 12.2 Å². The maximum absolute atomic E-state index is 11.0. The van der Waals surface area contributed by atoms with Crippen molar-refractivity contribution in [1.82, 2.24) is 0 Å². The second-order valence-electron chi connectivity index (χ2n) is 5.63. The summed E-state index contributed by atoms with van der Waals surface area (Å²) < 4.78 is 4.72. The van der Waals surface area contributed by atoms with Crippen molar-refractivity contribution in [3.05, 3.63) is 23.3 Å². The molecule has 0 aromatic rings. The second kappa shape index (κ2) is 17.8. The number of nitriles is 2. The summed E-state index contributed by atoms with van der Waals surface area (Å²) in [6, 6.07) is 3.79. The Balaban J connectivity index is -0.000000377. The number of hydrogen-bond acceptors (Lipinski definition) is 6. The predicted molar refractivity (Wildman–Crippen MR) is 87.9 cm³/mol. The number of carbonyl (C=O) groups excluding carboxylic acids is 2. The summed E-state index contributed by atoms with van der Waals surface area (Å²) in [5.41, 5.74) is 0.744. The Kier molecular flexibility index (Phi) is 20.6. The van der Waals surface area contributed by atoms with Gasteiger partial charge in [0.15, 0.2) is 0 Å². The number of allylic oxidation sites excluding steroid dienone is 2. The van der Waals surface area contributed by atoms with Crippen molar-refractivity contribution in [2.75, 3.05) is 6.61 Å². The average molecular weight is 373 g/mol. The fraction of sp³-hybridized carbons (Fsp3) is 0.556.